The average Bonchev–Trinajstić information content (AvgIpc) is 3.91. The maximum absolute atomic E-state index is 10.9. The fraction of sp³-hybridized carbons (Fsp3) is 0. The number of rotatable bonds is 4. The number of phenolic OH excluding ortho intramolecular Hbond substituents is 5. The molecule has 0 aliphatic carbocycles. The standard InChI is InChI=1S/C45H26N4O7/c50-37-36(38(51)40(53)41(54)39(37)52)45-47-43(46-44(48-45)30-12-7-11-29-26-10-3-6-15-33(26)56-42(29)30)22-16-18-27-28-19-17-23(21-35(28)55-34(27)20-22)49-31-13-4-1-8-24(31)25-9-2-5-14-32(25)49/h1-21,50-54H. The van der Waals surface area contributed by atoms with Gasteiger partial charge in [-0.05, 0) is 48.5 Å². The van der Waals surface area contributed by atoms with E-state index in [1.54, 1.807) is 12.1 Å². The fourth-order valence-electron chi connectivity index (χ4n) is 7.80. The lowest BCUT2D eigenvalue weighted by Crippen LogP contribution is -2.01. The van der Waals surface area contributed by atoms with E-state index in [9.17, 15) is 25.5 Å². The number of phenols is 5. The molecular formula is C45H26N4O7. The molecule has 0 saturated heterocycles. The number of hydrogen-bond donors (Lipinski definition) is 5. The average molecular weight is 735 g/mol. The topological polar surface area (TPSA) is 171 Å². The summed E-state index contributed by atoms with van der Waals surface area (Å²) in [6, 6.07) is 41.4. The molecule has 0 fully saturated rings. The van der Waals surface area contributed by atoms with Crippen LogP contribution in [-0.4, -0.2) is 45.1 Å². The molecule has 0 bridgehead atoms. The third-order valence-electron chi connectivity index (χ3n) is 10.4. The summed E-state index contributed by atoms with van der Waals surface area (Å²) in [6.07, 6.45) is 0. The molecule has 4 aromatic heterocycles. The molecule has 56 heavy (non-hydrogen) atoms. The van der Waals surface area contributed by atoms with Gasteiger partial charge in [-0.25, -0.2) is 15.0 Å². The molecule has 0 amide bonds. The van der Waals surface area contributed by atoms with Crippen LogP contribution in [0.4, 0.5) is 0 Å². The van der Waals surface area contributed by atoms with Crippen molar-refractivity contribution in [3.8, 4) is 68.6 Å². The number of benzene rings is 7. The Bertz CT molecular complexity index is 3370. The molecule has 0 aliphatic heterocycles. The highest BCUT2D eigenvalue weighted by atomic mass is 16.4. The lowest BCUT2D eigenvalue weighted by molar-refractivity contribution is 0.329. The van der Waals surface area contributed by atoms with E-state index in [1.165, 1.54) is 0 Å². The van der Waals surface area contributed by atoms with E-state index in [2.05, 4.69) is 44.9 Å². The molecule has 0 radical (unpaired) electrons. The minimum absolute atomic E-state index is 0.112. The van der Waals surface area contributed by atoms with E-state index in [-0.39, 0.29) is 17.5 Å². The van der Waals surface area contributed by atoms with Crippen LogP contribution in [0.15, 0.2) is 136 Å². The Labute approximate surface area is 314 Å². The summed E-state index contributed by atoms with van der Waals surface area (Å²) >= 11 is 0. The van der Waals surface area contributed by atoms with Gasteiger partial charge in [-0.3, -0.25) is 0 Å². The van der Waals surface area contributed by atoms with Crippen molar-refractivity contribution in [2.45, 2.75) is 0 Å². The van der Waals surface area contributed by atoms with Gasteiger partial charge in [0.15, 0.2) is 29.0 Å². The zero-order valence-corrected chi connectivity index (χ0v) is 29.0. The molecule has 4 heterocycles. The molecule has 0 spiro atoms. The van der Waals surface area contributed by atoms with Crippen molar-refractivity contribution in [3.63, 3.8) is 0 Å². The highest BCUT2D eigenvalue weighted by molar-refractivity contribution is 6.11. The summed E-state index contributed by atoms with van der Waals surface area (Å²) < 4.78 is 15.0. The van der Waals surface area contributed by atoms with Gasteiger partial charge in [0.2, 0.25) is 17.2 Å². The van der Waals surface area contributed by atoms with Crippen molar-refractivity contribution < 1.29 is 34.4 Å². The second kappa shape index (κ2) is 11.5. The zero-order valence-electron chi connectivity index (χ0n) is 29.0. The van der Waals surface area contributed by atoms with Crippen molar-refractivity contribution in [3.05, 3.63) is 127 Å². The number of fused-ring (bicyclic) bond motifs is 9. The third kappa shape index (κ3) is 4.42. The van der Waals surface area contributed by atoms with Gasteiger partial charge in [0, 0.05) is 49.6 Å². The Balaban J connectivity index is 1.11. The van der Waals surface area contributed by atoms with E-state index in [4.69, 9.17) is 13.8 Å². The van der Waals surface area contributed by atoms with Crippen molar-refractivity contribution in [2.75, 3.05) is 0 Å². The van der Waals surface area contributed by atoms with Gasteiger partial charge in [0.25, 0.3) is 0 Å². The Kier molecular flexibility index (Phi) is 6.45. The SMILES string of the molecule is Oc1c(O)c(O)c(-c2nc(-c3ccc4c(c3)oc3cc(-n5c6ccccc6c6ccccc65)ccc34)nc(-c3cccc4c3oc3ccccc34)n2)c(O)c1O. The first-order chi connectivity index (χ1) is 27.3. The first-order valence-electron chi connectivity index (χ1n) is 17.6. The molecule has 0 atom stereocenters. The number of para-hydroxylation sites is 4. The highest BCUT2D eigenvalue weighted by Crippen LogP contribution is 2.54. The molecule has 268 valence electrons. The van der Waals surface area contributed by atoms with Crippen molar-refractivity contribution >= 4 is 65.7 Å². The lowest BCUT2D eigenvalue weighted by Gasteiger charge is -2.13. The fourth-order valence-corrected chi connectivity index (χ4v) is 7.80. The predicted molar refractivity (Wildman–Crippen MR) is 213 cm³/mol. The van der Waals surface area contributed by atoms with E-state index >= 15 is 0 Å². The molecule has 5 N–H and O–H groups in total. The van der Waals surface area contributed by atoms with Crippen LogP contribution in [0, 0.1) is 0 Å². The minimum atomic E-state index is -1.10. The molecule has 11 nitrogen and oxygen atoms in total. The monoisotopic (exact) mass is 734 g/mol. The van der Waals surface area contributed by atoms with Crippen LogP contribution in [0.3, 0.4) is 0 Å². The van der Waals surface area contributed by atoms with Gasteiger partial charge in [-0.2, -0.15) is 0 Å². The van der Waals surface area contributed by atoms with Crippen LogP contribution in [0.2, 0.25) is 0 Å². The maximum Gasteiger partial charge on any atom is 0.208 e. The molecule has 11 heteroatoms. The maximum atomic E-state index is 10.9. The van der Waals surface area contributed by atoms with Crippen LogP contribution < -0.4 is 0 Å². The number of furan rings is 2. The minimum Gasteiger partial charge on any atom is -0.504 e. The van der Waals surface area contributed by atoms with Gasteiger partial charge >= 0.3 is 0 Å². The molecule has 11 aromatic rings. The Morgan fingerprint density at radius 3 is 1.70 bits per heavy atom. The van der Waals surface area contributed by atoms with Gasteiger partial charge in [0.1, 0.15) is 27.9 Å². The van der Waals surface area contributed by atoms with Crippen molar-refractivity contribution in [1.29, 1.82) is 0 Å². The Morgan fingerprint density at radius 2 is 0.964 bits per heavy atom. The summed E-state index contributed by atoms with van der Waals surface area (Å²) in [5.74, 6) is -5.13. The van der Waals surface area contributed by atoms with Gasteiger partial charge < -0.3 is 38.9 Å². The summed E-state index contributed by atoms with van der Waals surface area (Å²) in [6.45, 7) is 0. The number of aromatic nitrogens is 4. The molecule has 0 saturated carbocycles. The van der Waals surface area contributed by atoms with Crippen LogP contribution >= 0.6 is 0 Å². The Hall–Kier alpha value is -8.05. The molecule has 0 aliphatic rings. The highest BCUT2D eigenvalue weighted by Gasteiger charge is 2.28. The molecular weight excluding hydrogens is 709 g/mol. The predicted octanol–water partition coefficient (Wildman–Crippen LogP) is 10.3. The molecule has 7 aromatic carbocycles. The normalized spacial score (nSPS) is 11.9. The summed E-state index contributed by atoms with van der Waals surface area (Å²) in [5, 5.41) is 58.7. The zero-order chi connectivity index (χ0) is 37.8. The first-order valence-corrected chi connectivity index (χ1v) is 17.6. The first kappa shape index (κ1) is 31.5. The summed E-state index contributed by atoms with van der Waals surface area (Å²) in [7, 11) is 0. The lowest BCUT2D eigenvalue weighted by atomic mass is 10.1. The van der Waals surface area contributed by atoms with E-state index < -0.39 is 34.3 Å². The van der Waals surface area contributed by atoms with Gasteiger partial charge in [-0.15, -0.1) is 0 Å². The molecule has 0 unspecified atom stereocenters. The number of nitrogens with zero attached hydrogens (tertiary/aromatic N) is 4. The van der Waals surface area contributed by atoms with Crippen LogP contribution in [0.5, 0.6) is 28.7 Å². The second-order valence-electron chi connectivity index (χ2n) is 13.6. The quantitative estimate of drug-likeness (QED) is 0.0865. The Morgan fingerprint density at radius 1 is 0.411 bits per heavy atom. The van der Waals surface area contributed by atoms with Crippen LogP contribution in [-0.2, 0) is 0 Å². The van der Waals surface area contributed by atoms with Crippen molar-refractivity contribution in [2.24, 2.45) is 0 Å². The summed E-state index contributed by atoms with van der Waals surface area (Å²) in [5.41, 5.74) is 5.97. The van der Waals surface area contributed by atoms with Crippen LogP contribution in [0.1, 0.15) is 0 Å². The molecule has 11 rings (SSSR count). The third-order valence-corrected chi connectivity index (χ3v) is 10.4. The van der Waals surface area contributed by atoms with Gasteiger partial charge in [0.05, 0.1) is 16.6 Å². The smallest absolute Gasteiger partial charge is 0.208 e. The number of aromatic hydroxyl groups is 5. The number of hydrogen-bond acceptors (Lipinski definition) is 10. The van der Waals surface area contributed by atoms with E-state index in [0.717, 1.165) is 49.0 Å². The van der Waals surface area contributed by atoms with Crippen molar-refractivity contribution in [1.82, 2.24) is 19.5 Å². The van der Waals surface area contributed by atoms with Crippen LogP contribution in [0.25, 0.3) is 106 Å². The van der Waals surface area contributed by atoms with E-state index in [0.29, 0.717) is 33.5 Å². The second-order valence-corrected chi connectivity index (χ2v) is 13.6. The van der Waals surface area contributed by atoms with E-state index in [1.807, 2.05) is 84.9 Å². The van der Waals surface area contributed by atoms with Gasteiger partial charge in [-0.1, -0.05) is 72.8 Å². The largest absolute Gasteiger partial charge is 0.504 e. The summed E-state index contributed by atoms with van der Waals surface area (Å²) in [4.78, 5) is 14.0.